The van der Waals surface area contributed by atoms with Gasteiger partial charge in [-0.1, -0.05) is 73.3 Å². The zero-order valence-electron chi connectivity index (χ0n) is 51.5. The molecule has 18 nitrogen and oxygen atoms in total. The number of likely N-dealkylation sites (N-methyl/N-ethyl adjacent to an activating group) is 3. The second-order valence-electron chi connectivity index (χ2n) is 25.8. The minimum Gasteiger partial charge on any atom is -0.497 e. The second kappa shape index (κ2) is 29.4. The highest BCUT2D eigenvalue weighted by atomic mass is 16.7. The van der Waals surface area contributed by atoms with Crippen LogP contribution in [0.3, 0.4) is 0 Å². The number of allylic oxidation sites excluding steroid dienone is 4. The van der Waals surface area contributed by atoms with Gasteiger partial charge in [0.15, 0.2) is 6.29 Å². The standard InChI is InChI=1S/C62H105N3O15/c1-18-37(5)58(70)78-49-29-35(3)28-44-22-20-38(6)47(53(44)49)24-23-45-31-46(32-52(67)76-45)77-51(66)25-21-39(7)74-27-26-64(16)48-30-40(8)75-60(54(48)63(14)15)80-57-41(9)55(68)42(10)59(71)79-50(19-2)62(13,73)56(69)43(11)65(17)34-36(4)33-61(57,12)72/h20,22,28,35-38,40-43,45-50,53-57,60,68-69,72-73H,7,18-19,21,23-27,29-34H2,1-6,8-17H3/t35-,36+,37-,38-,40+,41-,42+,43+,45?,46+,47?,48+,49-,50+,53-,54-,55-,56+,57+,60-,61+,62+/m0/s1. The van der Waals surface area contributed by atoms with Crippen LogP contribution in [0.4, 0.5) is 0 Å². The molecule has 0 aromatic rings. The Morgan fingerprint density at radius 1 is 0.950 bits per heavy atom. The summed E-state index contributed by atoms with van der Waals surface area (Å²) in [6, 6.07) is -1.03. The Morgan fingerprint density at radius 3 is 2.29 bits per heavy atom. The van der Waals surface area contributed by atoms with Crippen molar-refractivity contribution >= 4 is 23.9 Å². The van der Waals surface area contributed by atoms with Crippen LogP contribution in [0, 0.1) is 47.3 Å². The molecule has 3 saturated heterocycles. The van der Waals surface area contributed by atoms with E-state index in [-0.39, 0.29) is 104 Å². The van der Waals surface area contributed by atoms with Gasteiger partial charge in [0.2, 0.25) is 0 Å². The SMILES string of the molecule is C=C(CCC(=O)O[C@H]1CC(=O)OC(CCC2[C@@H](C)C=CC3=C[C@H](C)C[C@H](OC(=O)[C@@H](C)CC)[C@@H]32)C1)OCCN(C)[C@@H]1C[C@@H](C)O[C@@H](O[C@@H]2[C@@H](C)[C@H](O)[C@@H](C)C(=O)O[C@H](CC)[C@@](C)(O)[C@H](O)[C@@H](C)N(C)C[C@H](C)C[C@@]2(C)O)[C@H]1N(C)C. The minimum absolute atomic E-state index is 0.00899. The predicted molar refractivity (Wildman–Crippen MR) is 304 cm³/mol. The second-order valence-corrected chi connectivity index (χ2v) is 25.8. The van der Waals surface area contributed by atoms with Crippen LogP contribution < -0.4 is 0 Å². The van der Waals surface area contributed by atoms with E-state index in [1.54, 1.807) is 34.6 Å². The Hall–Kier alpha value is -3.46. The number of fused-ring (bicyclic) bond motifs is 1. The van der Waals surface area contributed by atoms with Crippen LogP contribution in [0.15, 0.2) is 36.1 Å². The van der Waals surface area contributed by atoms with Gasteiger partial charge in [0.05, 0.1) is 60.4 Å². The summed E-state index contributed by atoms with van der Waals surface area (Å²) >= 11 is 0. The normalized spacial score (nSPS) is 40.1. The number of hydrogen-bond donors (Lipinski definition) is 4. The molecule has 3 fully saturated rings. The maximum atomic E-state index is 13.8. The first-order chi connectivity index (χ1) is 37.4. The molecule has 5 rings (SSSR count). The van der Waals surface area contributed by atoms with E-state index in [0.717, 1.165) is 19.3 Å². The van der Waals surface area contributed by atoms with Crippen LogP contribution in [0.25, 0.3) is 0 Å². The van der Waals surface area contributed by atoms with Gasteiger partial charge >= 0.3 is 23.9 Å². The predicted octanol–water partition coefficient (Wildman–Crippen LogP) is 6.99. The molecule has 2 aliphatic carbocycles. The van der Waals surface area contributed by atoms with E-state index < -0.39 is 89.9 Å². The fourth-order valence-corrected chi connectivity index (χ4v) is 13.5. The van der Waals surface area contributed by atoms with Crippen molar-refractivity contribution in [3.05, 3.63) is 36.1 Å². The third-order valence-electron chi connectivity index (χ3n) is 18.5. The molecule has 0 saturated carbocycles. The molecule has 0 bridgehead atoms. The van der Waals surface area contributed by atoms with Crippen LogP contribution in [0.2, 0.25) is 0 Å². The number of hydrogen-bond acceptors (Lipinski definition) is 18. The molecule has 0 aromatic carbocycles. The lowest BCUT2D eigenvalue weighted by atomic mass is 9.65. The molecule has 80 heavy (non-hydrogen) atoms. The van der Waals surface area contributed by atoms with Crippen molar-refractivity contribution < 1.29 is 72.8 Å². The summed E-state index contributed by atoms with van der Waals surface area (Å²) in [5.41, 5.74) is -2.13. The average molecular weight is 1130 g/mol. The third-order valence-corrected chi connectivity index (χ3v) is 18.5. The first-order valence-corrected chi connectivity index (χ1v) is 30.1. The van der Waals surface area contributed by atoms with Gasteiger partial charge in [0.25, 0.3) is 0 Å². The van der Waals surface area contributed by atoms with E-state index in [1.807, 2.05) is 65.7 Å². The van der Waals surface area contributed by atoms with Gasteiger partial charge in [-0.15, -0.1) is 0 Å². The van der Waals surface area contributed by atoms with E-state index in [1.165, 1.54) is 12.5 Å². The zero-order chi connectivity index (χ0) is 59.7. The molecule has 0 spiro atoms. The first kappa shape index (κ1) is 67.3. The Morgan fingerprint density at radius 2 is 1.64 bits per heavy atom. The lowest BCUT2D eigenvalue weighted by Gasteiger charge is -2.50. The highest BCUT2D eigenvalue weighted by Gasteiger charge is 2.51. The molecule has 2 unspecified atom stereocenters. The molecule has 18 heteroatoms. The molecule has 458 valence electrons. The van der Waals surface area contributed by atoms with Gasteiger partial charge in [-0.3, -0.25) is 24.1 Å². The molecule has 22 atom stereocenters. The molecule has 3 heterocycles. The van der Waals surface area contributed by atoms with E-state index in [4.69, 9.17) is 33.2 Å². The van der Waals surface area contributed by atoms with Crippen LogP contribution >= 0.6 is 0 Å². The van der Waals surface area contributed by atoms with Crippen molar-refractivity contribution in [3.8, 4) is 0 Å². The summed E-state index contributed by atoms with van der Waals surface area (Å²) < 4.78 is 43.4. The maximum Gasteiger partial charge on any atom is 0.311 e. The summed E-state index contributed by atoms with van der Waals surface area (Å²) in [5.74, 6) is -2.75. The Kier molecular flexibility index (Phi) is 24.7. The number of aliphatic hydroxyl groups is 4. The van der Waals surface area contributed by atoms with Gasteiger partial charge in [-0.25, -0.2) is 0 Å². The Labute approximate surface area is 479 Å². The summed E-state index contributed by atoms with van der Waals surface area (Å²) in [6.07, 6.45) is 4.24. The van der Waals surface area contributed by atoms with E-state index >= 15 is 0 Å². The number of esters is 4. The summed E-state index contributed by atoms with van der Waals surface area (Å²) in [7, 11) is 7.73. The number of aliphatic hydroxyl groups excluding tert-OH is 2. The molecule has 5 aliphatic rings. The molecule has 0 amide bonds. The summed E-state index contributed by atoms with van der Waals surface area (Å²) in [4.78, 5) is 59.1. The molecular weight excluding hydrogens is 1030 g/mol. The van der Waals surface area contributed by atoms with Crippen LogP contribution in [0.1, 0.15) is 154 Å². The number of ether oxygens (including phenoxy) is 7. The van der Waals surface area contributed by atoms with Crippen molar-refractivity contribution in [2.24, 2.45) is 47.3 Å². The number of nitrogens with zero attached hydrogens (tertiary/aromatic N) is 3. The quantitative estimate of drug-likeness (QED) is 0.0581. The molecule has 0 aromatic heterocycles. The van der Waals surface area contributed by atoms with Crippen LogP contribution in [-0.2, 0) is 52.3 Å². The van der Waals surface area contributed by atoms with E-state index in [0.29, 0.717) is 38.1 Å². The van der Waals surface area contributed by atoms with E-state index in [9.17, 15) is 39.6 Å². The van der Waals surface area contributed by atoms with Crippen molar-refractivity contribution in [2.75, 3.05) is 47.9 Å². The monoisotopic (exact) mass is 1130 g/mol. The van der Waals surface area contributed by atoms with Gasteiger partial charge in [-0.05, 0) is 137 Å². The Bertz CT molecular complexity index is 2120. The van der Waals surface area contributed by atoms with Crippen molar-refractivity contribution in [3.63, 3.8) is 0 Å². The fraction of sp³-hybridized carbons (Fsp3) is 0.839. The number of cyclic esters (lactones) is 2. The van der Waals surface area contributed by atoms with Crippen molar-refractivity contribution in [1.29, 1.82) is 0 Å². The highest BCUT2D eigenvalue weighted by Crippen LogP contribution is 2.46. The van der Waals surface area contributed by atoms with Gasteiger partial charge in [0.1, 0.15) is 42.7 Å². The molecule has 0 radical (unpaired) electrons. The topological polar surface area (TPSA) is 224 Å². The molecule has 3 aliphatic heterocycles. The average Bonchev–Trinajstić information content (AvgIpc) is 3.38. The number of rotatable bonds is 19. The maximum absolute atomic E-state index is 13.8. The van der Waals surface area contributed by atoms with Crippen molar-refractivity contribution in [1.82, 2.24) is 14.7 Å². The number of carbonyl (C=O) groups excluding carboxylic acids is 4. The zero-order valence-corrected chi connectivity index (χ0v) is 51.5. The molecular formula is C62H105N3O15. The van der Waals surface area contributed by atoms with E-state index in [2.05, 4.69) is 43.6 Å². The van der Waals surface area contributed by atoms with Gasteiger partial charge < -0.3 is 63.4 Å². The summed E-state index contributed by atoms with van der Waals surface area (Å²) in [6.45, 7) is 27.5. The minimum atomic E-state index is -1.79. The summed E-state index contributed by atoms with van der Waals surface area (Å²) in [5, 5.41) is 47.6. The first-order valence-electron chi connectivity index (χ1n) is 30.1. The lowest BCUT2D eigenvalue weighted by molar-refractivity contribution is -0.287. The van der Waals surface area contributed by atoms with Crippen LogP contribution in [0.5, 0.6) is 0 Å². The molecule has 4 N–H and O–H groups in total. The fourth-order valence-electron chi connectivity index (χ4n) is 13.5. The van der Waals surface area contributed by atoms with Gasteiger partial charge in [0, 0.05) is 49.9 Å². The smallest absolute Gasteiger partial charge is 0.311 e. The Balaban J connectivity index is 1.17. The van der Waals surface area contributed by atoms with Gasteiger partial charge in [-0.2, -0.15) is 0 Å². The number of carbonyl (C=O) groups is 4. The van der Waals surface area contributed by atoms with Crippen LogP contribution in [-0.4, -0.2) is 191 Å². The third kappa shape index (κ3) is 17.3. The highest BCUT2D eigenvalue weighted by molar-refractivity contribution is 5.74. The largest absolute Gasteiger partial charge is 0.497 e. The lowest BCUT2D eigenvalue weighted by Crippen LogP contribution is -2.63. The van der Waals surface area contributed by atoms with Crippen molar-refractivity contribution in [2.45, 2.75) is 238 Å².